The van der Waals surface area contributed by atoms with Gasteiger partial charge in [0.05, 0.1) is 10.8 Å². The molecule has 0 aromatic heterocycles. The Labute approximate surface area is 128 Å². The maximum absolute atomic E-state index is 11.9. The molecule has 0 aliphatic carbocycles. The van der Waals surface area contributed by atoms with Gasteiger partial charge < -0.3 is 5.32 Å². The smallest absolute Gasteiger partial charge is 0.234 e. The first-order chi connectivity index (χ1) is 9.69. The third-order valence-electron chi connectivity index (χ3n) is 2.84. The zero-order chi connectivity index (χ0) is 14.4. The van der Waals surface area contributed by atoms with Crippen LogP contribution >= 0.6 is 23.4 Å². The van der Waals surface area contributed by atoms with Crippen LogP contribution in [0.15, 0.2) is 53.4 Å². The van der Waals surface area contributed by atoms with E-state index in [9.17, 15) is 4.79 Å². The van der Waals surface area contributed by atoms with E-state index in [1.54, 1.807) is 0 Å². The van der Waals surface area contributed by atoms with E-state index in [0.29, 0.717) is 10.8 Å². The number of hydrogen-bond acceptors (Lipinski definition) is 2. The molecule has 2 nitrogen and oxygen atoms in total. The Bertz CT molecular complexity index is 583. The highest BCUT2D eigenvalue weighted by atomic mass is 35.5. The normalized spacial score (nSPS) is 10.3. The van der Waals surface area contributed by atoms with Crippen molar-refractivity contribution in [3.8, 4) is 0 Å². The van der Waals surface area contributed by atoms with Crippen molar-refractivity contribution < 1.29 is 4.79 Å². The van der Waals surface area contributed by atoms with E-state index in [-0.39, 0.29) is 5.91 Å². The summed E-state index contributed by atoms with van der Waals surface area (Å²) in [4.78, 5) is 12.8. The van der Waals surface area contributed by atoms with Crippen LogP contribution in [0, 0.1) is 0 Å². The lowest BCUT2D eigenvalue weighted by Crippen LogP contribution is -2.13. The topological polar surface area (TPSA) is 29.1 Å². The fourth-order valence-corrected chi connectivity index (χ4v) is 2.76. The highest BCUT2D eigenvalue weighted by Gasteiger charge is 2.05. The maximum atomic E-state index is 11.9. The number of thioether (sulfide) groups is 1. The maximum Gasteiger partial charge on any atom is 0.234 e. The Hall–Kier alpha value is -1.45. The molecule has 0 fully saturated rings. The lowest BCUT2D eigenvalue weighted by molar-refractivity contribution is -0.113. The van der Waals surface area contributed by atoms with Gasteiger partial charge in [-0.15, -0.1) is 11.8 Å². The molecule has 0 atom stereocenters. The standard InChI is InChI=1S/C16H16ClNOS/c1-2-12-7-9-13(10-8-12)18-16(19)11-20-15-6-4-3-5-14(15)17/h3-10H,2,11H2,1H3,(H,18,19). The summed E-state index contributed by atoms with van der Waals surface area (Å²) in [5.74, 6) is 0.318. The number of amides is 1. The van der Waals surface area contributed by atoms with Gasteiger partial charge >= 0.3 is 0 Å². The van der Waals surface area contributed by atoms with Crippen LogP contribution in [0.5, 0.6) is 0 Å². The molecule has 0 aliphatic rings. The zero-order valence-electron chi connectivity index (χ0n) is 11.2. The third kappa shape index (κ3) is 4.29. The molecule has 1 N–H and O–H groups in total. The first-order valence-electron chi connectivity index (χ1n) is 6.45. The predicted molar refractivity (Wildman–Crippen MR) is 86.6 cm³/mol. The predicted octanol–water partition coefficient (Wildman–Crippen LogP) is 4.63. The molecule has 4 heteroatoms. The lowest BCUT2D eigenvalue weighted by Gasteiger charge is -2.06. The molecule has 0 radical (unpaired) electrons. The Morgan fingerprint density at radius 3 is 2.50 bits per heavy atom. The second kappa shape index (κ2) is 7.36. The molecular weight excluding hydrogens is 290 g/mol. The minimum absolute atomic E-state index is 0.0285. The molecule has 0 saturated carbocycles. The van der Waals surface area contributed by atoms with Gasteiger partial charge in [-0.2, -0.15) is 0 Å². The van der Waals surface area contributed by atoms with Gasteiger partial charge in [-0.05, 0) is 36.2 Å². The number of carbonyl (C=O) groups is 1. The van der Waals surface area contributed by atoms with Gasteiger partial charge in [-0.25, -0.2) is 0 Å². The summed E-state index contributed by atoms with van der Waals surface area (Å²) in [5.41, 5.74) is 2.08. The Morgan fingerprint density at radius 2 is 1.85 bits per heavy atom. The second-order valence-corrected chi connectivity index (χ2v) is 5.74. The third-order valence-corrected chi connectivity index (χ3v) is 4.36. The number of nitrogens with one attached hydrogen (secondary N) is 1. The zero-order valence-corrected chi connectivity index (χ0v) is 12.8. The van der Waals surface area contributed by atoms with Crippen molar-refractivity contribution in [2.24, 2.45) is 0 Å². The van der Waals surface area contributed by atoms with Gasteiger partial charge in [0.15, 0.2) is 0 Å². The summed E-state index contributed by atoms with van der Waals surface area (Å²) in [5, 5.41) is 3.56. The molecule has 2 aromatic rings. The first-order valence-corrected chi connectivity index (χ1v) is 7.81. The summed E-state index contributed by atoms with van der Waals surface area (Å²) in [6.07, 6.45) is 0.997. The number of anilines is 1. The highest BCUT2D eigenvalue weighted by molar-refractivity contribution is 8.00. The Morgan fingerprint density at radius 1 is 1.15 bits per heavy atom. The number of halogens is 1. The summed E-state index contributed by atoms with van der Waals surface area (Å²) < 4.78 is 0. The summed E-state index contributed by atoms with van der Waals surface area (Å²) in [6.45, 7) is 2.10. The number of rotatable bonds is 5. The van der Waals surface area contributed by atoms with E-state index in [1.165, 1.54) is 17.3 Å². The molecule has 20 heavy (non-hydrogen) atoms. The van der Waals surface area contributed by atoms with Gasteiger partial charge in [0.25, 0.3) is 0 Å². The number of carbonyl (C=O) groups excluding carboxylic acids is 1. The van der Waals surface area contributed by atoms with Crippen LogP contribution < -0.4 is 5.32 Å². The average molecular weight is 306 g/mol. The lowest BCUT2D eigenvalue weighted by atomic mass is 10.1. The monoisotopic (exact) mass is 305 g/mol. The largest absolute Gasteiger partial charge is 0.325 e. The van der Waals surface area contributed by atoms with Crippen LogP contribution in [-0.2, 0) is 11.2 Å². The molecule has 1 amide bonds. The second-order valence-electron chi connectivity index (χ2n) is 4.32. The van der Waals surface area contributed by atoms with Crippen LogP contribution in [-0.4, -0.2) is 11.7 Å². The molecule has 2 aromatic carbocycles. The van der Waals surface area contributed by atoms with E-state index in [2.05, 4.69) is 12.2 Å². The van der Waals surface area contributed by atoms with E-state index >= 15 is 0 Å². The van der Waals surface area contributed by atoms with Crippen molar-refractivity contribution in [2.45, 2.75) is 18.2 Å². The molecule has 0 bridgehead atoms. The number of benzene rings is 2. The summed E-state index contributed by atoms with van der Waals surface area (Å²) in [7, 11) is 0. The van der Waals surface area contributed by atoms with Crippen LogP contribution in [0.3, 0.4) is 0 Å². The van der Waals surface area contributed by atoms with Crippen molar-refractivity contribution in [2.75, 3.05) is 11.1 Å². The van der Waals surface area contributed by atoms with Crippen molar-refractivity contribution in [1.82, 2.24) is 0 Å². The molecule has 104 valence electrons. The van der Waals surface area contributed by atoms with Crippen LogP contribution in [0.2, 0.25) is 5.02 Å². The SMILES string of the molecule is CCc1ccc(NC(=O)CSc2ccccc2Cl)cc1. The van der Waals surface area contributed by atoms with E-state index < -0.39 is 0 Å². The average Bonchev–Trinajstić information content (AvgIpc) is 2.47. The van der Waals surface area contributed by atoms with Crippen LogP contribution in [0.4, 0.5) is 5.69 Å². The first kappa shape index (κ1) is 14.9. The minimum Gasteiger partial charge on any atom is -0.325 e. The van der Waals surface area contributed by atoms with Gasteiger partial charge in [-0.3, -0.25) is 4.79 Å². The van der Waals surface area contributed by atoms with Crippen molar-refractivity contribution in [3.63, 3.8) is 0 Å². The van der Waals surface area contributed by atoms with Crippen molar-refractivity contribution in [1.29, 1.82) is 0 Å². The number of hydrogen-bond donors (Lipinski definition) is 1. The summed E-state index contributed by atoms with van der Waals surface area (Å²) >= 11 is 7.49. The van der Waals surface area contributed by atoms with Gasteiger partial charge in [0.1, 0.15) is 0 Å². The highest BCUT2D eigenvalue weighted by Crippen LogP contribution is 2.26. The molecule has 0 spiro atoms. The molecular formula is C16H16ClNOS. The minimum atomic E-state index is -0.0285. The van der Waals surface area contributed by atoms with Crippen LogP contribution in [0.1, 0.15) is 12.5 Å². The van der Waals surface area contributed by atoms with Crippen molar-refractivity contribution in [3.05, 3.63) is 59.1 Å². The quantitative estimate of drug-likeness (QED) is 0.816. The number of aryl methyl sites for hydroxylation is 1. The molecule has 0 heterocycles. The molecule has 0 unspecified atom stereocenters. The Balaban J connectivity index is 1.87. The van der Waals surface area contributed by atoms with Gasteiger partial charge in [-0.1, -0.05) is 42.8 Å². The van der Waals surface area contributed by atoms with E-state index in [4.69, 9.17) is 11.6 Å². The fourth-order valence-electron chi connectivity index (χ4n) is 1.73. The van der Waals surface area contributed by atoms with Gasteiger partial charge in [0, 0.05) is 10.6 Å². The van der Waals surface area contributed by atoms with Gasteiger partial charge in [0.2, 0.25) is 5.91 Å². The van der Waals surface area contributed by atoms with E-state index in [1.807, 2.05) is 48.5 Å². The summed E-state index contributed by atoms with van der Waals surface area (Å²) in [6, 6.07) is 15.4. The van der Waals surface area contributed by atoms with E-state index in [0.717, 1.165) is 17.0 Å². The van der Waals surface area contributed by atoms with Crippen molar-refractivity contribution >= 4 is 35.0 Å². The molecule has 0 saturated heterocycles. The van der Waals surface area contributed by atoms with Crippen LogP contribution in [0.25, 0.3) is 0 Å². The Kier molecular flexibility index (Phi) is 5.50. The molecule has 0 aliphatic heterocycles. The molecule has 2 rings (SSSR count). The fraction of sp³-hybridized carbons (Fsp3) is 0.188.